The van der Waals surface area contributed by atoms with Gasteiger partial charge in [-0.1, -0.05) is 103 Å². The molecule has 0 saturated heterocycles. The summed E-state index contributed by atoms with van der Waals surface area (Å²) in [5.74, 6) is 0.333. The molecular formula is C44H25FN2O2. The van der Waals surface area contributed by atoms with E-state index < -0.39 is 0 Å². The average Bonchev–Trinajstić information content (AvgIpc) is 3.73. The van der Waals surface area contributed by atoms with E-state index in [4.69, 9.17) is 18.8 Å². The van der Waals surface area contributed by atoms with Gasteiger partial charge in [0.05, 0.1) is 11.4 Å². The van der Waals surface area contributed by atoms with E-state index in [0.29, 0.717) is 5.82 Å². The molecule has 0 unspecified atom stereocenters. The second-order valence-electron chi connectivity index (χ2n) is 12.3. The monoisotopic (exact) mass is 632 g/mol. The summed E-state index contributed by atoms with van der Waals surface area (Å²) in [6, 6.07) is 49.6. The van der Waals surface area contributed by atoms with Crippen LogP contribution < -0.4 is 0 Å². The van der Waals surface area contributed by atoms with E-state index in [1.165, 1.54) is 12.1 Å². The Kier molecular flexibility index (Phi) is 6.02. The summed E-state index contributed by atoms with van der Waals surface area (Å²) >= 11 is 0. The number of para-hydroxylation sites is 1. The van der Waals surface area contributed by atoms with E-state index in [1.807, 2.05) is 78.9 Å². The zero-order valence-corrected chi connectivity index (χ0v) is 26.0. The van der Waals surface area contributed by atoms with Gasteiger partial charge in [0.2, 0.25) is 0 Å². The zero-order chi connectivity index (χ0) is 32.5. The van der Waals surface area contributed by atoms with Crippen LogP contribution in [0.25, 0.3) is 99.7 Å². The third-order valence-electron chi connectivity index (χ3n) is 9.37. The van der Waals surface area contributed by atoms with Crippen molar-refractivity contribution in [2.45, 2.75) is 0 Å². The first-order valence-corrected chi connectivity index (χ1v) is 16.2. The Balaban J connectivity index is 1.25. The second-order valence-corrected chi connectivity index (χ2v) is 12.3. The number of nitrogens with zero attached hydrogens (tertiary/aromatic N) is 2. The van der Waals surface area contributed by atoms with Crippen molar-refractivity contribution in [3.8, 4) is 45.0 Å². The highest BCUT2D eigenvalue weighted by atomic mass is 19.1. The fourth-order valence-corrected chi connectivity index (χ4v) is 7.06. The molecule has 0 fully saturated rings. The Labute approximate surface area is 279 Å². The minimum absolute atomic E-state index is 0.271. The maximum atomic E-state index is 13.9. The molecule has 230 valence electrons. The Bertz CT molecular complexity index is 2890. The number of hydrogen-bond donors (Lipinski definition) is 0. The van der Waals surface area contributed by atoms with Crippen molar-refractivity contribution in [3.05, 3.63) is 157 Å². The van der Waals surface area contributed by atoms with E-state index >= 15 is 0 Å². The largest absolute Gasteiger partial charge is 0.456 e. The van der Waals surface area contributed by atoms with E-state index in [2.05, 4.69) is 60.7 Å². The van der Waals surface area contributed by atoms with Crippen LogP contribution in [-0.2, 0) is 0 Å². The molecule has 0 bridgehead atoms. The van der Waals surface area contributed by atoms with Gasteiger partial charge in [0, 0.05) is 43.6 Å². The minimum Gasteiger partial charge on any atom is -0.456 e. The smallest absolute Gasteiger partial charge is 0.161 e. The molecule has 3 aromatic heterocycles. The molecule has 0 spiro atoms. The highest BCUT2D eigenvalue weighted by Gasteiger charge is 2.20. The number of aromatic nitrogens is 2. The maximum absolute atomic E-state index is 13.9. The fraction of sp³-hybridized carbons (Fsp3) is 0. The molecular weight excluding hydrogens is 607 g/mol. The highest BCUT2D eigenvalue weighted by Crippen LogP contribution is 2.43. The van der Waals surface area contributed by atoms with Gasteiger partial charge < -0.3 is 8.83 Å². The summed E-state index contributed by atoms with van der Waals surface area (Å²) in [7, 11) is 0. The normalized spacial score (nSPS) is 11.8. The van der Waals surface area contributed by atoms with Gasteiger partial charge in [-0.2, -0.15) is 0 Å². The van der Waals surface area contributed by atoms with Crippen LogP contribution in [0.3, 0.4) is 0 Å². The lowest BCUT2D eigenvalue weighted by Gasteiger charge is -2.12. The van der Waals surface area contributed by atoms with Gasteiger partial charge in [0.25, 0.3) is 0 Å². The summed E-state index contributed by atoms with van der Waals surface area (Å²) in [6.07, 6.45) is 0. The number of fused-ring (bicyclic) bond motifs is 8. The van der Waals surface area contributed by atoms with Crippen molar-refractivity contribution in [1.29, 1.82) is 0 Å². The van der Waals surface area contributed by atoms with Crippen LogP contribution in [0.1, 0.15) is 0 Å². The average molecular weight is 633 g/mol. The van der Waals surface area contributed by atoms with Crippen LogP contribution in [0.4, 0.5) is 4.39 Å². The number of rotatable bonds is 4. The number of hydrogen-bond acceptors (Lipinski definition) is 4. The first-order chi connectivity index (χ1) is 24.2. The number of halogens is 1. The molecule has 0 N–H and O–H groups in total. The predicted molar refractivity (Wildman–Crippen MR) is 196 cm³/mol. The lowest BCUT2D eigenvalue weighted by atomic mass is 9.95. The van der Waals surface area contributed by atoms with Crippen LogP contribution in [0.2, 0.25) is 0 Å². The fourth-order valence-electron chi connectivity index (χ4n) is 7.06. The van der Waals surface area contributed by atoms with Gasteiger partial charge in [0.1, 0.15) is 28.1 Å². The molecule has 49 heavy (non-hydrogen) atoms. The molecule has 0 amide bonds. The van der Waals surface area contributed by atoms with Gasteiger partial charge in [0.15, 0.2) is 5.82 Å². The predicted octanol–water partition coefficient (Wildman–Crippen LogP) is 12.2. The van der Waals surface area contributed by atoms with Crippen molar-refractivity contribution in [2.75, 3.05) is 0 Å². The van der Waals surface area contributed by atoms with Crippen LogP contribution in [0, 0.1) is 5.82 Å². The molecule has 10 rings (SSSR count). The van der Waals surface area contributed by atoms with E-state index in [1.54, 1.807) is 0 Å². The van der Waals surface area contributed by atoms with Crippen molar-refractivity contribution >= 4 is 54.6 Å². The van der Waals surface area contributed by atoms with Crippen molar-refractivity contribution in [1.82, 2.24) is 9.97 Å². The Morgan fingerprint density at radius 3 is 1.92 bits per heavy atom. The highest BCUT2D eigenvalue weighted by molar-refractivity contribution is 6.22. The van der Waals surface area contributed by atoms with E-state index in [-0.39, 0.29) is 5.82 Å². The second kappa shape index (κ2) is 10.7. The molecule has 0 aliphatic carbocycles. The quantitative estimate of drug-likeness (QED) is 0.194. The molecule has 3 heterocycles. The van der Waals surface area contributed by atoms with Crippen molar-refractivity contribution in [3.63, 3.8) is 0 Å². The molecule has 5 heteroatoms. The van der Waals surface area contributed by atoms with Gasteiger partial charge in [-0.3, -0.25) is 0 Å². The minimum atomic E-state index is -0.271. The topological polar surface area (TPSA) is 52.1 Å². The van der Waals surface area contributed by atoms with Gasteiger partial charge in [-0.25, -0.2) is 14.4 Å². The van der Waals surface area contributed by atoms with E-state index in [9.17, 15) is 4.39 Å². The molecule has 0 radical (unpaired) electrons. The van der Waals surface area contributed by atoms with Gasteiger partial charge in [-0.15, -0.1) is 0 Å². The van der Waals surface area contributed by atoms with Gasteiger partial charge in [-0.05, 0) is 65.0 Å². The third kappa shape index (κ3) is 4.44. The lowest BCUT2D eigenvalue weighted by Crippen LogP contribution is -1.97. The Morgan fingerprint density at radius 1 is 0.408 bits per heavy atom. The third-order valence-corrected chi connectivity index (χ3v) is 9.37. The first-order valence-electron chi connectivity index (χ1n) is 16.2. The molecule has 7 aromatic carbocycles. The summed E-state index contributed by atoms with van der Waals surface area (Å²) in [5, 5.41) is 6.02. The molecule has 4 nitrogen and oxygen atoms in total. The van der Waals surface area contributed by atoms with E-state index in [0.717, 1.165) is 93.9 Å². The molecule has 10 aromatic rings. The molecule has 0 aliphatic rings. The van der Waals surface area contributed by atoms with Crippen LogP contribution in [-0.4, -0.2) is 9.97 Å². The maximum Gasteiger partial charge on any atom is 0.161 e. The SMILES string of the molecule is Fc1ccc(-c2cccc3oc4c5ccccc5c(-c5nc(-c6ccccc6)cc(-c6ccc7c(c6)oc6ccccc67)n5)cc4c23)cc1. The van der Waals surface area contributed by atoms with Gasteiger partial charge >= 0.3 is 0 Å². The van der Waals surface area contributed by atoms with Crippen LogP contribution in [0.5, 0.6) is 0 Å². The Hall–Kier alpha value is -6.59. The number of benzene rings is 7. The molecule has 0 saturated carbocycles. The summed E-state index contributed by atoms with van der Waals surface area (Å²) in [4.78, 5) is 10.4. The molecule has 0 atom stereocenters. The van der Waals surface area contributed by atoms with Crippen molar-refractivity contribution < 1.29 is 13.2 Å². The summed E-state index contributed by atoms with van der Waals surface area (Å²) in [5.41, 5.74) is 9.53. The van der Waals surface area contributed by atoms with Crippen LogP contribution >= 0.6 is 0 Å². The zero-order valence-electron chi connectivity index (χ0n) is 26.0. The Morgan fingerprint density at radius 2 is 1.08 bits per heavy atom. The van der Waals surface area contributed by atoms with Crippen LogP contribution in [0.15, 0.2) is 160 Å². The lowest BCUT2D eigenvalue weighted by molar-refractivity contribution is 0.628. The summed E-state index contributed by atoms with van der Waals surface area (Å²) in [6.45, 7) is 0. The standard InChI is InChI=1S/C44H25FN2O2/c45-29-20-17-26(18-21-29)30-14-8-16-40-42(30)36-24-35(31-11-4-5-13-34(31)43(36)49-40)44-46-37(27-9-2-1-3-10-27)25-38(47-44)28-19-22-33-32-12-6-7-15-39(32)48-41(33)23-28/h1-25H. The van der Waals surface area contributed by atoms with Crippen molar-refractivity contribution in [2.24, 2.45) is 0 Å². The number of furan rings is 2. The first kappa shape index (κ1) is 27.5. The molecule has 0 aliphatic heterocycles. The summed E-state index contributed by atoms with van der Waals surface area (Å²) < 4.78 is 26.8.